The Morgan fingerprint density at radius 1 is 1.14 bits per heavy atom. The summed E-state index contributed by atoms with van der Waals surface area (Å²) in [6.45, 7) is 0.370. The molecule has 3 N–H and O–H groups in total. The van der Waals surface area contributed by atoms with Crippen LogP contribution >= 0.6 is 11.6 Å². The maximum absolute atomic E-state index is 11.2. The molecule has 0 atom stereocenters. The van der Waals surface area contributed by atoms with Crippen molar-refractivity contribution in [3.05, 3.63) is 53.1 Å². The number of phenols is 1. The molecule has 0 aromatic heterocycles. The van der Waals surface area contributed by atoms with Crippen molar-refractivity contribution in [3.8, 4) is 5.75 Å². The monoisotopic (exact) mass is 326 g/mol. The van der Waals surface area contributed by atoms with Gasteiger partial charge < -0.3 is 10.4 Å². The van der Waals surface area contributed by atoms with Crippen molar-refractivity contribution < 1.29 is 13.5 Å². The number of anilines is 2. The summed E-state index contributed by atoms with van der Waals surface area (Å²) >= 11 is 5.88. The van der Waals surface area contributed by atoms with E-state index in [1.807, 2.05) is 0 Å². The van der Waals surface area contributed by atoms with Crippen LogP contribution in [0.15, 0.2) is 42.5 Å². The molecule has 0 spiro atoms. The molecule has 0 saturated carbocycles. The number of aromatic hydroxyl groups is 1. The average molecular weight is 327 g/mol. The van der Waals surface area contributed by atoms with Crippen LogP contribution < -0.4 is 10.0 Å². The zero-order valence-corrected chi connectivity index (χ0v) is 12.9. The second-order valence-electron chi connectivity index (χ2n) is 4.58. The summed E-state index contributed by atoms with van der Waals surface area (Å²) < 4.78 is 24.8. The molecule has 112 valence electrons. The van der Waals surface area contributed by atoms with Gasteiger partial charge in [0.15, 0.2) is 0 Å². The number of halogens is 1. The summed E-state index contributed by atoms with van der Waals surface area (Å²) in [5.74, 6) is 0.150. The van der Waals surface area contributed by atoms with Crippen LogP contribution in [0, 0.1) is 0 Å². The van der Waals surface area contributed by atoms with E-state index in [-0.39, 0.29) is 5.75 Å². The summed E-state index contributed by atoms with van der Waals surface area (Å²) in [6.07, 6.45) is 1.09. The molecular weight excluding hydrogens is 312 g/mol. The van der Waals surface area contributed by atoms with Gasteiger partial charge in [-0.25, -0.2) is 8.42 Å². The molecule has 5 nitrogen and oxygen atoms in total. The standard InChI is InChI=1S/C14H15ClN2O3S/c1-21(19,20)17-13-4-2-3-12(8-13)16-9-10-7-11(15)5-6-14(10)18/h2-8,16-18H,9H2,1H3. The highest BCUT2D eigenvalue weighted by Crippen LogP contribution is 2.23. The minimum absolute atomic E-state index is 0.150. The predicted molar refractivity (Wildman–Crippen MR) is 85.4 cm³/mol. The number of benzene rings is 2. The largest absolute Gasteiger partial charge is 0.508 e. The van der Waals surface area contributed by atoms with E-state index in [9.17, 15) is 13.5 Å². The number of hydrogen-bond acceptors (Lipinski definition) is 4. The van der Waals surface area contributed by atoms with Crippen LogP contribution in [0.3, 0.4) is 0 Å². The molecule has 2 aromatic rings. The number of phenolic OH excluding ortho intramolecular Hbond substituents is 1. The molecule has 0 bridgehead atoms. The third-order valence-electron chi connectivity index (χ3n) is 2.69. The van der Waals surface area contributed by atoms with E-state index in [2.05, 4.69) is 10.0 Å². The molecule has 0 aliphatic heterocycles. The molecule has 0 amide bonds. The van der Waals surface area contributed by atoms with Crippen LogP contribution in [0.25, 0.3) is 0 Å². The Kier molecular flexibility index (Phi) is 4.59. The quantitative estimate of drug-likeness (QED) is 0.789. The summed E-state index contributed by atoms with van der Waals surface area (Å²) in [5, 5.41) is 13.4. The van der Waals surface area contributed by atoms with E-state index in [1.165, 1.54) is 6.07 Å². The van der Waals surface area contributed by atoms with Crippen LogP contribution in [-0.4, -0.2) is 19.8 Å². The van der Waals surface area contributed by atoms with Crippen molar-refractivity contribution in [3.63, 3.8) is 0 Å². The first-order chi connectivity index (χ1) is 9.83. The Morgan fingerprint density at radius 3 is 2.57 bits per heavy atom. The van der Waals surface area contributed by atoms with Gasteiger partial charge in [-0.1, -0.05) is 17.7 Å². The van der Waals surface area contributed by atoms with Gasteiger partial charge in [-0.05, 0) is 36.4 Å². The van der Waals surface area contributed by atoms with E-state index < -0.39 is 10.0 Å². The molecule has 0 aliphatic rings. The van der Waals surface area contributed by atoms with Crippen molar-refractivity contribution in [2.45, 2.75) is 6.54 Å². The predicted octanol–water partition coefficient (Wildman–Crippen LogP) is 3.03. The first kappa shape index (κ1) is 15.5. The van der Waals surface area contributed by atoms with E-state index >= 15 is 0 Å². The number of hydrogen-bond donors (Lipinski definition) is 3. The average Bonchev–Trinajstić information content (AvgIpc) is 2.38. The molecule has 0 saturated heterocycles. The molecule has 0 aliphatic carbocycles. The fraction of sp³-hybridized carbons (Fsp3) is 0.143. The van der Waals surface area contributed by atoms with Crippen LogP contribution in [0.4, 0.5) is 11.4 Å². The van der Waals surface area contributed by atoms with Crippen LogP contribution in [0.2, 0.25) is 5.02 Å². The molecule has 21 heavy (non-hydrogen) atoms. The first-order valence-electron chi connectivity index (χ1n) is 6.12. The maximum Gasteiger partial charge on any atom is 0.229 e. The van der Waals surface area contributed by atoms with Gasteiger partial charge in [0.2, 0.25) is 10.0 Å². The zero-order chi connectivity index (χ0) is 15.5. The fourth-order valence-corrected chi connectivity index (χ4v) is 2.55. The lowest BCUT2D eigenvalue weighted by Gasteiger charge is -2.10. The van der Waals surface area contributed by atoms with Crippen molar-refractivity contribution in [1.82, 2.24) is 0 Å². The number of sulfonamides is 1. The molecule has 0 unspecified atom stereocenters. The SMILES string of the molecule is CS(=O)(=O)Nc1cccc(NCc2cc(Cl)ccc2O)c1. The lowest BCUT2D eigenvalue weighted by atomic mass is 10.2. The van der Waals surface area contributed by atoms with Crippen molar-refractivity contribution in [2.75, 3.05) is 16.3 Å². The van der Waals surface area contributed by atoms with Crippen molar-refractivity contribution in [1.29, 1.82) is 0 Å². The molecule has 0 radical (unpaired) electrons. The molecule has 2 rings (SSSR count). The van der Waals surface area contributed by atoms with E-state index in [4.69, 9.17) is 11.6 Å². The Morgan fingerprint density at radius 2 is 1.86 bits per heavy atom. The molecule has 2 aromatic carbocycles. The van der Waals surface area contributed by atoms with Gasteiger partial charge in [0, 0.05) is 22.8 Å². The van der Waals surface area contributed by atoms with Gasteiger partial charge in [-0.15, -0.1) is 0 Å². The summed E-state index contributed by atoms with van der Waals surface area (Å²) in [6, 6.07) is 11.7. The number of nitrogens with one attached hydrogen (secondary N) is 2. The maximum atomic E-state index is 11.2. The second-order valence-corrected chi connectivity index (χ2v) is 6.77. The third kappa shape index (κ3) is 4.84. The van der Waals surface area contributed by atoms with E-state index in [0.29, 0.717) is 22.8 Å². The van der Waals surface area contributed by atoms with Crippen molar-refractivity contribution >= 4 is 33.0 Å². The highest BCUT2D eigenvalue weighted by Gasteiger charge is 2.04. The fourth-order valence-electron chi connectivity index (χ4n) is 1.80. The van der Waals surface area contributed by atoms with Gasteiger partial charge in [0.05, 0.1) is 11.9 Å². The Balaban J connectivity index is 2.10. The summed E-state index contributed by atoms with van der Waals surface area (Å²) in [5.41, 5.74) is 1.85. The molecular formula is C14H15ClN2O3S. The van der Waals surface area contributed by atoms with Gasteiger partial charge in [-0.2, -0.15) is 0 Å². The van der Waals surface area contributed by atoms with E-state index in [0.717, 1.165) is 11.9 Å². The van der Waals surface area contributed by atoms with Gasteiger partial charge in [0.1, 0.15) is 5.75 Å². The highest BCUT2D eigenvalue weighted by atomic mass is 35.5. The third-order valence-corrected chi connectivity index (χ3v) is 3.53. The summed E-state index contributed by atoms with van der Waals surface area (Å²) in [7, 11) is -3.31. The molecule has 0 heterocycles. The molecule has 0 fully saturated rings. The zero-order valence-electron chi connectivity index (χ0n) is 11.3. The lowest BCUT2D eigenvalue weighted by molar-refractivity contribution is 0.469. The van der Waals surface area contributed by atoms with E-state index in [1.54, 1.807) is 36.4 Å². The Bertz CT molecular complexity index is 748. The normalized spacial score (nSPS) is 11.1. The Hall–Kier alpha value is -1.92. The van der Waals surface area contributed by atoms with Gasteiger partial charge in [0.25, 0.3) is 0 Å². The lowest BCUT2D eigenvalue weighted by Crippen LogP contribution is -2.09. The second kappa shape index (κ2) is 6.24. The topological polar surface area (TPSA) is 78.4 Å². The summed E-state index contributed by atoms with van der Waals surface area (Å²) in [4.78, 5) is 0. The first-order valence-corrected chi connectivity index (χ1v) is 8.39. The molecule has 7 heteroatoms. The van der Waals surface area contributed by atoms with Crippen LogP contribution in [-0.2, 0) is 16.6 Å². The van der Waals surface area contributed by atoms with Gasteiger partial charge >= 0.3 is 0 Å². The minimum atomic E-state index is -3.31. The number of rotatable bonds is 5. The van der Waals surface area contributed by atoms with Crippen LogP contribution in [0.5, 0.6) is 5.75 Å². The Labute approximate surface area is 128 Å². The van der Waals surface area contributed by atoms with Crippen molar-refractivity contribution in [2.24, 2.45) is 0 Å². The highest BCUT2D eigenvalue weighted by molar-refractivity contribution is 7.92. The van der Waals surface area contributed by atoms with Crippen LogP contribution in [0.1, 0.15) is 5.56 Å². The smallest absolute Gasteiger partial charge is 0.229 e. The minimum Gasteiger partial charge on any atom is -0.508 e. The van der Waals surface area contributed by atoms with Gasteiger partial charge in [-0.3, -0.25) is 4.72 Å².